The van der Waals surface area contributed by atoms with Gasteiger partial charge < -0.3 is 23.0 Å². The number of benzene rings is 2. The highest BCUT2D eigenvalue weighted by molar-refractivity contribution is 6.00. The molecule has 196 valence electrons. The van der Waals surface area contributed by atoms with Gasteiger partial charge in [0.1, 0.15) is 23.8 Å². The molecule has 0 radical (unpaired) electrons. The van der Waals surface area contributed by atoms with Crippen molar-refractivity contribution in [3.8, 4) is 17.4 Å². The monoisotopic (exact) mass is 517 g/mol. The number of esters is 2. The highest BCUT2D eigenvalue weighted by Crippen LogP contribution is 2.23. The number of nitrogens with zero attached hydrogens (tertiary/aromatic N) is 1. The van der Waals surface area contributed by atoms with E-state index in [0.717, 1.165) is 0 Å². The van der Waals surface area contributed by atoms with Crippen LogP contribution in [0.3, 0.4) is 0 Å². The summed E-state index contributed by atoms with van der Waals surface area (Å²) >= 11 is 0. The Bertz CT molecular complexity index is 1360. The zero-order valence-electron chi connectivity index (χ0n) is 21.0. The van der Waals surface area contributed by atoms with Crippen molar-refractivity contribution in [1.29, 1.82) is 0 Å². The van der Waals surface area contributed by atoms with Crippen LogP contribution in [0.2, 0.25) is 0 Å². The molecule has 38 heavy (non-hydrogen) atoms. The van der Waals surface area contributed by atoms with Gasteiger partial charge in [0.25, 0.3) is 5.89 Å². The summed E-state index contributed by atoms with van der Waals surface area (Å²) in [5, 5.41) is 0. The van der Waals surface area contributed by atoms with Gasteiger partial charge in [0.15, 0.2) is 11.9 Å². The molecule has 0 fully saturated rings. The van der Waals surface area contributed by atoms with Crippen molar-refractivity contribution in [2.75, 3.05) is 7.11 Å². The van der Waals surface area contributed by atoms with E-state index in [-0.39, 0.29) is 31.7 Å². The van der Waals surface area contributed by atoms with E-state index in [1.165, 1.54) is 7.11 Å². The van der Waals surface area contributed by atoms with Gasteiger partial charge in [-0.1, -0.05) is 42.5 Å². The van der Waals surface area contributed by atoms with E-state index >= 15 is 0 Å². The Morgan fingerprint density at radius 2 is 1.71 bits per heavy atom. The lowest BCUT2D eigenvalue weighted by Gasteiger charge is -2.17. The van der Waals surface area contributed by atoms with Gasteiger partial charge in [-0.3, -0.25) is 14.4 Å². The first-order valence-electron chi connectivity index (χ1n) is 12.0. The lowest BCUT2D eigenvalue weighted by molar-refractivity contribution is -0.148. The molecule has 4 rings (SSSR count). The van der Waals surface area contributed by atoms with Crippen LogP contribution in [0.4, 0.5) is 0 Å². The molecule has 0 aliphatic heterocycles. The van der Waals surface area contributed by atoms with Crippen molar-refractivity contribution < 1.29 is 37.4 Å². The van der Waals surface area contributed by atoms with Crippen molar-refractivity contribution in [1.82, 2.24) is 4.98 Å². The van der Waals surface area contributed by atoms with Crippen LogP contribution in [-0.2, 0) is 32.1 Å². The minimum absolute atomic E-state index is 0.0298. The Balaban J connectivity index is 1.33. The molecule has 0 spiro atoms. The third kappa shape index (κ3) is 6.97. The highest BCUT2D eigenvalue weighted by Gasteiger charge is 2.25. The first-order valence-corrected chi connectivity index (χ1v) is 12.0. The summed E-state index contributed by atoms with van der Waals surface area (Å²) in [6, 6.07) is 19.0. The van der Waals surface area contributed by atoms with Gasteiger partial charge in [0.05, 0.1) is 19.8 Å². The van der Waals surface area contributed by atoms with E-state index in [9.17, 15) is 14.4 Å². The maximum Gasteiger partial charge on any atom is 0.310 e. The van der Waals surface area contributed by atoms with Crippen molar-refractivity contribution in [2.45, 2.75) is 38.9 Å². The standard InChI is InChI=1S/C29H27NO8/c1-19-23(30-29(37-19)25-9-6-16-35-25)18-36-22-12-10-20(11-13-22)17-27(32)38-24(14-15-26(31)34-2)28(33)21-7-4-3-5-8-21/h3-13,16,24H,14-15,17-18H2,1-2H3. The molecule has 0 aliphatic carbocycles. The van der Waals surface area contributed by atoms with Crippen LogP contribution in [0.15, 0.2) is 81.8 Å². The fourth-order valence-electron chi connectivity index (χ4n) is 3.67. The first kappa shape index (κ1) is 26.4. The molecule has 9 nitrogen and oxygen atoms in total. The molecule has 0 bridgehead atoms. The molecule has 0 N–H and O–H groups in total. The molecule has 0 amide bonds. The molecular weight excluding hydrogens is 490 g/mol. The maximum atomic E-state index is 12.9. The number of methoxy groups -OCH3 is 1. The van der Waals surface area contributed by atoms with E-state index in [1.54, 1.807) is 79.9 Å². The molecule has 1 atom stereocenters. The minimum Gasteiger partial charge on any atom is -0.487 e. The SMILES string of the molecule is COC(=O)CCC(OC(=O)Cc1ccc(OCc2nc(-c3ccco3)oc2C)cc1)C(=O)c1ccccc1. The molecule has 0 saturated heterocycles. The Hall–Kier alpha value is -4.66. The third-order valence-electron chi connectivity index (χ3n) is 5.73. The number of aryl methyl sites for hydroxylation is 1. The van der Waals surface area contributed by atoms with Gasteiger partial charge in [-0.15, -0.1) is 0 Å². The van der Waals surface area contributed by atoms with Crippen LogP contribution < -0.4 is 4.74 Å². The van der Waals surface area contributed by atoms with Gasteiger partial charge in [-0.2, -0.15) is 0 Å². The zero-order chi connectivity index (χ0) is 26.9. The van der Waals surface area contributed by atoms with Crippen LogP contribution in [0.25, 0.3) is 11.7 Å². The number of furan rings is 1. The topological polar surface area (TPSA) is 118 Å². The summed E-state index contributed by atoms with van der Waals surface area (Å²) in [5.41, 5.74) is 1.72. The van der Waals surface area contributed by atoms with Gasteiger partial charge in [-0.25, -0.2) is 4.98 Å². The number of carbonyl (C=O) groups excluding carboxylic acids is 3. The van der Waals surface area contributed by atoms with Crippen LogP contribution >= 0.6 is 0 Å². The highest BCUT2D eigenvalue weighted by atomic mass is 16.5. The number of ether oxygens (including phenoxy) is 3. The number of hydrogen-bond donors (Lipinski definition) is 0. The average Bonchev–Trinajstić information content (AvgIpc) is 3.60. The molecule has 0 saturated carbocycles. The van der Waals surface area contributed by atoms with Crippen LogP contribution in [0, 0.1) is 6.92 Å². The smallest absolute Gasteiger partial charge is 0.310 e. The van der Waals surface area contributed by atoms with Crippen LogP contribution in [0.1, 0.15) is 40.2 Å². The molecule has 2 aromatic carbocycles. The average molecular weight is 518 g/mol. The third-order valence-corrected chi connectivity index (χ3v) is 5.73. The normalized spacial score (nSPS) is 11.5. The Morgan fingerprint density at radius 1 is 0.947 bits per heavy atom. The predicted molar refractivity (Wildman–Crippen MR) is 135 cm³/mol. The molecule has 4 aromatic rings. The fourth-order valence-corrected chi connectivity index (χ4v) is 3.67. The van der Waals surface area contributed by atoms with Crippen molar-refractivity contribution >= 4 is 17.7 Å². The van der Waals surface area contributed by atoms with Gasteiger partial charge in [0.2, 0.25) is 5.78 Å². The molecule has 9 heteroatoms. The maximum absolute atomic E-state index is 12.9. The van der Waals surface area contributed by atoms with Crippen molar-refractivity contribution in [3.05, 3.63) is 95.6 Å². The van der Waals surface area contributed by atoms with Gasteiger partial charge in [0, 0.05) is 18.4 Å². The Kier molecular flexibility index (Phi) is 8.71. The second kappa shape index (κ2) is 12.5. The van der Waals surface area contributed by atoms with E-state index in [1.807, 2.05) is 0 Å². The van der Waals surface area contributed by atoms with E-state index in [4.69, 9.17) is 18.3 Å². The summed E-state index contributed by atoms with van der Waals surface area (Å²) in [5.74, 6) is 0.693. The fraction of sp³-hybridized carbons (Fsp3) is 0.241. The van der Waals surface area contributed by atoms with Gasteiger partial charge >= 0.3 is 11.9 Å². The summed E-state index contributed by atoms with van der Waals surface area (Å²) in [6.07, 6.45) is 0.385. The number of ketones is 1. The number of rotatable bonds is 12. The van der Waals surface area contributed by atoms with E-state index in [2.05, 4.69) is 9.72 Å². The molecule has 1 unspecified atom stereocenters. The summed E-state index contributed by atoms with van der Waals surface area (Å²) in [7, 11) is 1.26. The van der Waals surface area contributed by atoms with Crippen LogP contribution in [-0.4, -0.2) is 35.9 Å². The minimum atomic E-state index is -1.09. The summed E-state index contributed by atoms with van der Waals surface area (Å²) < 4.78 is 26.9. The summed E-state index contributed by atoms with van der Waals surface area (Å²) in [4.78, 5) is 41.6. The lowest BCUT2D eigenvalue weighted by Crippen LogP contribution is -2.29. The number of hydrogen-bond acceptors (Lipinski definition) is 9. The number of carbonyl (C=O) groups is 3. The second-order valence-electron chi connectivity index (χ2n) is 8.43. The van der Waals surface area contributed by atoms with Crippen LogP contribution in [0.5, 0.6) is 5.75 Å². The lowest BCUT2D eigenvalue weighted by atomic mass is 10.0. The molecule has 2 heterocycles. The van der Waals surface area contributed by atoms with E-state index < -0.39 is 18.0 Å². The molecule has 0 aliphatic rings. The zero-order valence-corrected chi connectivity index (χ0v) is 21.0. The molecule has 2 aromatic heterocycles. The Labute approximate surface area is 219 Å². The van der Waals surface area contributed by atoms with E-state index in [0.29, 0.717) is 40.0 Å². The van der Waals surface area contributed by atoms with Crippen molar-refractivity contribution in [2.24, 2.45) is 0 Å². The largest absolute Gasteiger partial charge is 0.487 e. The van der Waals surface area contributed by atoms with Gasteiger partial charge in [-0.05, 0) is 36.8 Å². The van der Waals surface area contributed by atoms with Crippen molar-refractivity contribution in [3.63, 3.8) is 0 Å². The summed E-state index contributed by atoms with van der Waals surface area (Å²) in [6.45, 7) is 1.99. The quantitative estimate of drug-likeness (QED) is 0.186. The number of oxazole rings is 1. The second-order valence-corrected chi connectivity index (χ2v) is 8.43. The number of aromatic nitrogens is 1. The Morgan fingerprint density at radius 3 is 2.39 bits per heavy atom. The number of Topliss-reactive ketones (excluding diaryl/α,β-unsaturated/α-hetero) is 1. The predicted octanol–water partition coefficient (Wildman–Crippen LogP) is 5.11. The first-order chi connectivity index (χ1) is 18.4. The molecular formula is C29H27NO8.